The molecule has 0 aliphatic heterocycles. The molecule has 6 nitrogen and oxygen atoms in total. The highest BCUT2D eigenvalue weighted by Gasteiger charge is 2.12. The van der Waals surface area contributed by atoms with Gasteiger partial charge in [-0.25, -0.2) is 0 Å². The molecular formula is C21H21N3O3. The maximum atomic E-state index is 12.4. The van der Waals surface area contributed by atoms with Gasteiger partial charge in [0.15, 0.2) is 5.78 Å². The molecule has 0 unspecified atom stereocenters. The first kappa shape index (κ1) is 19.9. The first-order valence-corrected chi connectivity index (χ1v) is 8.46. The van der Waals surface area contributed by atoms with Crippen LogP contribution in [0.25, 0.3) is 0 Å². The van der Waals surface area contributed by atoms with Gasteiger partial charge in [0, 0.05) is 30.5 Å². The minimum atomic E-state index is -0.552. The normalized spacial score (nSPS) is 10.8. The Labute approximate surface area is 158 Å². The number of aliphatic hydroxyl groups is 1. The number of amides is 1. The molecule has 2 N–H and O–H groups in total. The average molecular weight is 363 g/mol. The van der Waals surface area contributed by atoms with Gasteiger partial charge in [0.05, 0.1) is 6.61 Å². The number of nitriles is 1. The molecule has 138 valence electrons. The second-order valence-electron chi connectivity index (χ2n) is 5.92. The van der Waals surface area contributed by atoms with Gasteiger partial charge in [0.1, 0.15) is 11.6 Å². The van der Waals surface area contributed by atoms with E-state index < -0.39 is 5.91 Å². The molecule has 27 heavy (non-hydrogen) atoms. The van der Waals surface area contributed by atoms with E-state index in [9.17, 15) is 20.0 Å². The predicted octanol–water partition coefficient (Wildman–Crippen LogP) is 2.73. The molecule has 2 rings (SSSR count). The van der Waals surface area contributed by atoms with Crippen molar-refractivity contribution < 1.29 is 14.7 Å². The van der Waals surface area contributed by atoms with Crippen LogP contribution in [0.4, 0.5) is 5.69 Å². The highest BCUT2D eigenvalue weighted by atomic mass is 16.3. The molecule has 0 saturated heterocycles. The molecule has 2 aromatic carbocycles. The first-order valence-electron chi connectivity index (χ1n) is 8.46. The number of rotatable bonds is 8. The summed E-state index contributed by atoms with van der Waals surface area (Å²) in [5.41, 5.74) is 1.96. The fraction of sp³-hybridized carbons (Fsp3) is 0.190. The quantitative estimate of drug-likeness (QED) is 0.427. The van der Waals surface area contributed by atoms with Crippen LogP contribution in [0.3, 0.4) is 0 Å². The molecule has 2 aromatic rings. The average Bonchev–Trinajstić information content (AvgIpc) is 2.67. The van der Waals surface area contributed by atoms with Crippen LogP contribution >= 0.6 is 0 Å². The number of Topliss-reactive ketones (excluding diaryl/α,β-unsaturated/α-hetero) is 1. The summed E-state index contributed by atoms with van der Waals surface area (Å²) in [7, 11) is 0. The number of carbonyl (C=O) groups excluding carboxylic acids is 2. The maximum Gasteiger partial charge on any atom is 0.267 e. The van der Waals surface area contributed by atoms with Crippen molar-refractivity contribution in [3.05, 3.63) is 77.5 Å². The molecular weight excluding hydrogens is 342 g/mol. The van der Waals surface area contributed by atoms with Gasteiger partial charge in [-0.15, -0.1) is 0 Å². The third-order valence-electron chi connectivity index (χ3n) is 3.84. The zero-order chi connectivity index (χ0) is 19.6. The van der Waals surface area contributed by atoms with Gasteiger partial charge in [-0.3, -0.25) is 9.59 Å². The van der Waals surface area contributed by atoms with Crippen molar-refractivity contribution >= 4 is 17.4 Å². The standard InChI is InChI=1S/C21H21N3O3/c1-16(26)18-7-9-20(10-8-18)23-21(27)19(13-22)15-24(11-12-25)14-17-5-3-2-4-6-17/h2-10,15,25H,11-12,14H2,1H3,(H,23,27)/b19-15-. The molecule has 1 amide bonds. The number of carbonyl (C=O) groups is 2. The molecule has 0 aliphatic rings. The predicted molar refractivity (Wildman–Crippen MR) is 103 cm³/mol. The van der Waals surface area contributed by atoms with Crippen molar-refractivity contribution in [3.63, 3.8) is 0 Å². The first-order chi connectivity index (χ1) is 13.0. The Bertz CT molecular complexity index is 852. The van der Waals surface area contributed by atoms with Crippen molar-refractivity contribution in [2.75, 3.05) is 18.5 Å². The SMILES string of the molecule is CC(=O)c1ccc(NC(=O)/C(C#N)=C\N(CCO)Cc2ccccc2)cc1. The van der Waals surface area contributed by atoms with Gasteiger partial charge in [-0.1, -0.05) is 30.3 Å². The lowest BCUT2D eigenvalue weighted by atomic mass is 10.1. The van der Waals surface area contributed by atoms with Crippen LogP contribution < -0.4 is 5.32 Å². The highest BCUT2D eigenvalue weighted by molar-refractivity contribution is 6.06. The second kappa shape index (κ2) is 9.90. The van der Waals surface area contributed by atoms with Gasteiger partial charge < -0.3 is 15.3 Å². The van der Waals surface area contributed by atoms with E-state index in [1.807, 2.05) is 36.4 Å². The van der Waals surface area contributed by atoms with Gasteiger partial charge in [0.25, 0.3) is 5.91 Å². The van der Waals surface area contributed by atoms with E-state index in [1.54, 1.807) is 29.2 Å². The fourth-order valence-corrected chi connectivity index (χ4v) is 2.44. The molecule has 0 saturated carbocycles. The van der Waals surface area contributed by atoms with Crippen LogP contribution in [-0.2, 0) is 11.3 Å². The Morgan fingerprint density at radius 1 is 1.15 bits per heavy atom. The third-order valence-corrected chi connectivity index (χ3v) is 3.84. The summed E-state index contributed by atoms with van der Waals surface area (Å²) in [6.45, 7) is 2.12. The number of benzene rings is 2. The number of anilines is 1. The summed E-state index contributed by atoms with van der Waals surface area (Å²) < 4.78 is 0. The minimum Gasteiger partial charge on any atom is -0.395 e. The van der Waals surface area contributed by atoms with Crippen LogP contribution in [-0.4, -0.2) is 34.8 Å². The van der Waals surface area contributed by atoms with Gasteiger partial charge in [-0.2, -0.15) is 5.26 Å². The van der Waals surface area contributed by atoms with E-state index in [2.05, 4.69) is 5.32 Å². The van der Waals surface area contributed by atoms with E-state index in [1.165, 1.54) is 13.1 Å². The number of aliphatic hydroxyl groups excluding tert-OH is 1. The molecule has 0 fully saturated rings. The zero-order valence-electron chi connectivity index (χ0n) is 15.1. The summed E-state index contributed by atoms with van der Waals surface area (Å²) in [6, 6.07) is 17.9. The summed E-state index contributed by atoms with van der Waals surface area (Å²) >= 11 is 0. The van der Waals surface area contributed by atoms with Crippen LogP contribution in [0.15, 0.2) is 66.4 Å². The lowest BCUT2D eigenvalue weighted by Crippen LogP contribution is -2.24. The summed E-state index contributed by atoms with van der Waals surface area (Å²) in [6.07, 6.45) is 1.45. The lowest BCUT2D eigenvalue weighted by Gasteiger charge is -2.20. The van der Waals surface area contributed by atoms with Crippen LogP contribution in [0.2, 0.25) is 0 Å². The minimum absolute atomic E-state index is 0.0638. The smallest absolute Gasteiger partial charge is 0.267 e. The van der Waals surface area contributed by atoms with Gasteiger partial charge in [0.2, 0.25) is 0 Å². The number of hydrogen-bond donors (Lipinski definition) is 2. The van der Waals surface area contributed by atoms with E-state index in [0.717, 1.165) is 5.56 Å². The summed E-state index contributed by atoms with van der Waals surface area (Å²) in [4.78, 5) is 25.4. The van der Waals surface area contributed by atoms with Gasteiger partial charge >= 0.3 is 0 Å². The topological polar surface area (TPSA) is 93.4 Å². The zero-order valence-corrected chi connectivity index (χ0v) is 15.1. The fourth-order valence-electron chi connectivity index (χ4n) is 2.44. The lowest BCUT2D eigenvalue weighted by molar-refractivity contribution is -0.112. The summed E-state index contributed by atoms with van der Waals surface area (Å²) in [5.74, 6) is -0.616. The Balaban J connectivity index is 2.12. The Kier molecular flexibility index (Phi) is 7.29. The maximum absolute atomic E-state index is 12.4. The van der Waals surface area contributed by atoms with Crippen LogP contribution in [0.1, 0.15) is 22.8 Å². The van der Waals surface area contributed by atoms with Crippen LogP contribution in [0.5, 0.6) is 0 Å². The Hall–Kier alpha value is -3.43. The van der Waals surface area contributed by atoms with Gasteiger partial charge in [-0.05, 0) is 36.8 Å². The van der Waals surface area contributed by atoms with E-state index in [4.69, 9.17) is 0 Å². The van der Waals surface area contributed by atoms with Crippen LogP contribution in [0, 0.1) is 11.3 Å². The van der Waals surface area contributed by atoms with Crippen molar-refractivity contribution in [1.82, 2.24) is 4.90 Å². The molecule has 0 atom stereocenters. The molecule has 0 spiro atoms. The Morgan fingerprint density at radius 3 is 2.37 bits per heavy atom. The summed E-state index contributed by atoms with van der Waals surface area (Å²) in [5, 5.41) is 21.3. The Morgan fingerprint density at radius 2 is 1.81 bits per heavy atom. The number of nitrogens with zero attached hydrogens (tertiary/aromatic N) is 2. The van der Waals surface area contributed by atoms with E-state index in [0.29, 0.717) is 24.3 Å². The van der Waals surface area contributed by atoms with Crippen molar-refractivity contribution in [2.45, 2.75) is 13.5 Å². The van der Waals surface area contributed by atoms with Crippen molar-refractivity contribution in [1.29, 1.82) is 5.26 Å². The van der Waals surface area contributed by atoms with Crippen molar-refractivity contribution in [2.24, 2.45) is 0 Å². The molecule has 0 aliphatic carbocycles. The van der Waals surface area contributed by atoms with E-state index in [-0.39, 0.29) is 18.0 Å². The van der Waals surface area contributed by atoms with Crippen molar-refractivity contribution in [3.8, 4) is 6.07 Å². The molecule has 0 bridgehead atoms. The molecule has 6 heteroatoms. The second-order valence-corrected chi connectivity index (χ2v) is 5.92. The largest absolute Gasteiger partial charge is 0.395 e. The number of hydrogen-bond acceptors (Lipinski definition) is 5. The molecule has 0 heterocycles. The monoisotopic (exact) mass is 363 g/mol. The number of ketones is 1. The molecule has 0 aromatic heterocycles. The molecule has 0 radical (unpaired) electrons. The number of nitrogens with one attached hydrogen (secondary N) is 1. The highest BCUT2D eigenvalue weighted by Crippen LogP contribution is 2.12. The third kappa shape index (κ3) is 6.10. The van der Waals surface area contributed by atoms with E-state index >= 15 is 0 Å².